The molecule has 0 spiro atoms. The van der Waals surface area contributed by atoms with Crippen molar-refractivity contribution in [1.29, 1.82) is 0 Å². The molecule has 1 aliphatic heterocycles. The summed E-state index contributed by atoms with van der Waals surface area (Å²) in [5, 5.41) is 5.21. The average Bonchev–Trinajstić information content (AvgIpc) is 3.27. The third-order valence-electron chi connectivity index (χ3n) is 4.97. The standard InChI is InChI=1S/C22H22N2O4/c25-21(15-28-19-8-7-16-4-1-2-5-17(16)14-19)23-18-9-11-24(12-10-18)22(26)20-6-3-13-27-20/h1-8,13-14,18H,9-12,15H2,(H,23,25). The van der Waals surface area contributed by atoms with Crippen LogP contribution >= 0.6 is 0 Å². The lowest BCUT2D eigenvalue weighted by atomic mass is 10.0. The van der Waals surface area contributed by atoms with Crippen molar-refractivity contribution < 1.29 is 18.7 Å². The summed E-state index contributed by atoms with van der Waals surface area (Å²) < 4.78 is 10.8. The molecular formula is C22H22N2O4. The number of hydrogen-bond donors (Lipinski definition) is 1. The lowest BCUT2D eigenvalue weighted by Crippen LogP contribution is -2.47. The molecule has 1 aliphatic rings. The summed E-state index contributed by atoms with van der Waals surface area (Å²) >= 11 is 0. The van der Waals surface area contributed by atoms with Crippen LogP contribution in [0, 0.1) is 0 Å². The highest BCUT2D eigenvalue weighted by atomic mass is 16.5. The number of fused-ring (bicyclic) bond motifs is 1. The number of hydrogen-bond acceptors (Lipinski definition) is 4. The maximum Gasteiger partial charge on any atom is 0.289 e. The molecule has 0 bridgehead atoms. The molecule has 3 aromatic rings. The molecule has 0 atom stereocenters. The molecule has 28 heavy (non-hydrogen) atoms. The van der Waals surface area contributed by atoms with E-state index in [0.29, 0.717) is 37.4 Å². The Bertz CT molecular complexity index is 960. The molecule has 1 fully saturated rings. The second-order valence-electron chi connectivity index (χ2n) is 6.91. The van der Waals surface area contributed by atoms with Gasteiger partial charge in [0.25, 0.3) is 11.8 Å². The number of carbonyl (C=O) groups is 2. The van der Waals surface area contributed by atoms with Crippen LogP contribution in [0.2, 0.25) is 0 Å². The van der Waals surface area contributed by atoms with Gasteiger partial charge in [0.15, 0.2) is 12.4 Å². The molecule has 2 heterocycles. The Morgan fingerprint density at radius 1 is 1.04 bits per heavy atom. The number of likely N-dealkylation sites (tertiary alicyclic amines) is 1. The van der Waals surface area contributed by atoms with E-state index in [-0.39, 0.29) is 24.5 Å². The number of nitrogens with one attached hydrogen (secondary N) is 1. The fraction of sp³-hybridized carbons (Fsp3) is 0.273. The minimum Gasteiger partial charge on any atom is -0.484 e. The first-order chi connectivity index (χ1) is 13.7. The van der Waals surface area contributed by atoms with E-state index < -0.39 is 0 Å². The Labute approximate surface area is 163 Å². The topological polar surface area (TPSA) is 71.8 Å². The van der Waals surface area contributed by atoms with Gasteiger partial charge in [-0.25, -0.2) is 0 Å². The van der Waals surface area contributed by atoms with E-state index in [1.54, 1.807) is 17.0 Å². The molecule has 1 saturated heterocycles. The van der Waals surface area contributed by atoms with E-state index in [2.05, 4.69) is 5.32 Å². The molecular weight excluding hydrogens is 356 g/mol. The average molecular weight is 378 g/mol. The summed E-state index contributed by atoms with van der Waals surface area (Å²) in [7, 11) is 0. The quantitative estimate of drug-likeness (QED) is 0.740. The van der Waals surface area contributed by atoms with E-state index in [1.807, 2.05) is 42.5 Å². The van der Waals surface area contributed by atoms with Crippen LogP contribution in [0.3, 0.4) is 0 Å². The number of furan rings is 1. The highest BCUT2D eigenvalue weighted by Crippen LogP contribution is 2.20. The van der Waals surface area contributed by atoms with Gasteiger partial charge < -0.3 is 19.4 Å². The van der Waals surface area contributed by atoms with Crippen LogP contribution in [-0.4, -0.2) is 42.5 Å². The van der Waals surface area contributed by atoms with Gasteiger partial charge in [-0.1, -0.05) is 30.3 Å². The SMILES string of the molecule is O=C(COc1ccc2ccccc2c1)NC1CCN(C(=O)c2ccco2)CC1. The smallest absolute Gasteiger partial charge is 0.289 e. The van der Waals surface area contributed by atoms with Crippen molar-refractivity contribution in [3.63, 3.8) is 0 Å². The van der Waals surface area contributed by atoms with E-state index in [9.17, 15) is 9.59 Å². The molecule has 1 aromatic heterocycles. The predicted octanol–water partition coefficient (Wildman–Crippen LogP) is 3.23. The summed E-state index contributed by atoms with van der Waals surface area (Å²) in [6.45, 7) is 1.16. The Morgan fingerprint density at radius 3 is 2.57 bits per heavy atom. The highest BCUT2D eigenvalue weighted by molar-refractivity contribution is 5.91. The van der Waals surface area contributed by atoms with Gasteiger partial charge in [0.2, 0.25) is 0 Å². The van der Waals surface area contributed by atoms with Gasteiger partial charge in [-0.05, 0) is 47.9 Å². The van der Waals surface area contributed by atoms with Crippen LogP contribution in [0.4, 0.5) is 0 Å². The zero-order valence-corrected chi connectivity index (χ0v) is 15.5. The molecule has 6 nitrogen and oxygen atoms in total. The van der Waals surface area contributed by atoms with Crippen molar-refractivity contribution in [2.45, 2.75) is 18.9 Å². The van der Waals surface area contributed by atoms with E-state index in [1.165, 1.54) is 6.26 Å². The predicted molar refractivity (Wildman–Crippen MR) is 105 cm³/mol. The number of piperidine rings is 1. The van der Waals surface area contributed by atoms with Gasteiger partial charge >= 0.3 is 0 Å². The van der Waals surface area contributed by atoms with Crippen LogP contribution in [0.1, 0.15) is 23.4 Å². The van der Waals surface area contributed by atoms with Crippen molar-refractivity contribution in [2.24, 2.45) is 0 Å². The zero-order valence-electron chi connectivity index (χ0n) is 15.5. The zero-order chi connectivity index (χ0) is 19.3. The summed E-state index contributed by atoms with van der Waals surface area (Å²) in [4.78, 5) is 26.2. The largest absolute Gasteiger partial charge is 0.484 e. The van der Waals surface area contributed by atoms with Gasteiger partial charge in [0.05, 0.1) is 6.26 Å². The maximum atomic E-state index is 12.3. The molecule has 0 aliphatic carbocycles. The normalized spacial score (nSPS) is 14.8. The van der Waals surface area contributed by atoms with Crippen LogP contribution in [0.15, 0.2) is 65.3 Å². The van der Waals surface area contributed by atoms with E-state index in [0.717, 1.165) is 10.8 Å². The molecule has 0 unspecified atom stereocenters. The summed E-state index contributed by atoms with van der Waals surface area (Å²) in [5.41, 5.74) is 0. The number of amides is 2. The lowest BCUT2D eigenvalue weighted by Gasteiger charge is -2.31. The summed E-state index contributed by atoms with van der Waals surface area (Å²) in [6.07, 6.45) is 2.93. The van der Waals surface area contributed by atoms with E-state index >= 15 is 0 Å². The number of nitrogens with zero attached hydrogens (tertiary/aromatic N) is 1. The van der Waals surface area contributed by atoms with Crippen LogP contribution in [-0.2, 0) is 4.79 Å². The van der Waals surface area contributed by atoms with Gasteiger partial charge in [0, 0.05) is 19.1 Å². The van der Waals surface area contributed by atoms with Crippen LogP contribution in [0.5, 0.6) is 5.75 Å². The number of carbonyl (C=O) groups excluding carboxylic acids is 2. The van der Waals surface area contributed by atoms with Gasteiger partial charge in [-0.2, -0.15) is 0 Å². The summed E-state index contributed by atoms with van der Waals surface area (Å²) in [6, 6.07) is 17.2. The van der Waals surface area contributed by atoms with Gasteiger partial charge in [0.1, 0.15) is 5.75 Å². The molecule has 2 aromatic carbocycles. The fourth-order valence-electron chi connectivity index (χ4n) is 3.46. The van der Waals surface area contributed by atoms with Crippen LogP contribution in [0.25, 0.3) is 10.8 Å². The van der Waals surface area contributed by atoms with Crippen molar-refractivity contribution in [3.8, 4) is 5.75 Å². The second kappa shape index (κ2) is 8.17. The van der Waals surface area contributed by atoms with E-state index in [4.69, 9.17) is 9.15 Å². The minimum atomic E-state index is -0.149. The monoisotopic (exact) mass is 378 g/mol. The van der Waals surface area contributed by atoms with Crippen molar-refractivity contribution in [1.82, 2.24) is 10.2 Å². The number of rotatable bonds is 5. The first-order valence-corrected chi connectivity index (χ1v) is 9.43. The Balaban J connectivity index is 1.23. The molecule has 144 valence electrons. The van der Waals surface area contributed by atoms with Gasteiger partial charge in [-0.15, -0.1) is 0 Å². The first-order valence-electron chi connectivity index (χ1n) is 9.43. The van der Waals surface area contributed by atoms with Gasteiger partial charge in [-0.3, -0.25) is 9.59 Å². The Kier molecular flexibility index (Phi) is 5.28. The van der Waals surface area contributed by atoms with Crippen molar-refractivity contribution in [3.05, 3.63) is 66.6 Å². The highest BCUT2D eigenvalue weighted by Gasteiger charge is 2.25. The van der Waals surface area contributed by atoms with Crippen molar-refractivity contribution in [2.75, 3.05) is 19.7 Å². The summed E-state index contributed by atoms with van der Waals surface area (Å²) in [5.74, 6) is 0.775. The fourth-order valence-corrected chi connectivity index (χ4v) is 3.46. The second-order valence-corrected chi connectivity index (χ2v) is 6.91. The number of ether oxygens (including phenoxy) is 1. The third kappa shape index (κ3) is 4.17. The van der Waals surface area contributed by atoms with Crippen LogP contribution < -0.4 is 10.1 Å². The molecule has 0 radical (unpaired) electrons. The molecule has 4 rings (SSSR count). The molecule has 6 heteroatoms. The lowest BCUT2D eigenvalue weighted by molar-refractivity contribution is -0.124. The molecule has 1 N–H and O–H groups in total. The van der Waals surface area contributed by atoms with Crippen molar-refractivity contribution >= 4 is 22.6 Å². The first kappa shape index (κ1) is 18.1. The third-order valence-corrected chi connectivity index (χ3v) is 4.97. The maximum absolute atomic E-state index is 12.3. The molecule has 0 saturated carbocycles. The Hall–Kier alpha value is -3.28. The molecule has 2 amide bonds. The number of benzene rings is 2. The Morgan fingerprint density at radius 2 is 1.82 bits per heavy atom. The minimum absolute atomic E-state index is 0.0239.